The van der Waals surface area contributed by atoms with Crippen molar-refractivity contribution in [2.45, 2.75) is 38.0 Å². The second-order valence-electron chi connectivity index (χ2n) is 7.50. The third-order valence-corrected chi connectivity index (χ3v) is 4.40. The molecule has 2 unspecified atom stereocenters. The number of hydrogen-bond donors (Lipinski definition) is 5. The van der Waals surface area contributed by atoms with Gasteiger partial charge >= 0.3 is 18.3 Å². The van der Waals surface area contributed by atoms with Gasteiger partial charge in [0.05, 0.1) is 5.69 Å². The number of aliphatic carboxylic acids is 2. The molecule has 3 atom stereocenters. The third-order valence-electron chi connectivity index (χ3n) is 4.40. The summed E-state index contributed by atoms with van der Waals surface area (Å²) in [5.74, 6) is -3.30. The van der Waals surface area contributed by atoms with E-state index in [9.17, 15) is 22.8 Å². The van der Waals surface area contributed by atoms with Gasteiger partial charge in [0.2, 0.25) is 0 Å². The zero-order valence-electron chi connectivity index (χ0n) is 18.7. The SMILES string of the molecule is C[C@@H](N)Cc1ccc(-c2ncn(-c3ccc(OC(F)(F)F)cc3)n2)cc1.O=C(O)C(O)C(O)C(=O)O. The van der Waals surface area contributed by atoms with Crippen molar-refractivity contribution in [2.75, 3.05) is 0 Å². The van der Waals surface area contributed by atoms with Crippen LogP contribution in [0, 0.1) is 0 Å². The first kappa shape index (κ1) is 28.2. The van der Waals surface area contributed by atoms with E-state index in [0.717, 1.165) is 17.5 Å². The molecule has 3 aromatic rings. The lowest BCUT2D eigenvalue weighted by molar-refractivity contribution is -0.274. The molecular weight excluding hydrogens is 489 g/mol. The Kier molecular flexibility index (Phi) is 9.49. The molecular formula is C22H23F3N4O7. The fourth-order valence-electron chi connectivity index (χ4n) is 2.75. The fraction of sp³-hybridized carbons (Fsp3) is 0.273. The molecule has 0 bridgehead atoms. The van der Waals surface area contributed by atoms with Crippen molar-refractivity contribution >= 4 is 11.9 Å². The number of hydrogen-bond acceptors (Lipinski definition) is 8. The van der Waals surface area contributed by atoms with Crippen LogP contribution < -0.4 is 10.5 Å². The van der Waals surface area contributed by atoms with Gasteiger partial charge in [-0.05, 0) is 43.2 Å². The minimum Gasteiger partial charge on any atom is -0.479 e. The molecule has 0 amide bonds. The Balaban J connectivity index is 0.000000388. The standard InChI is InChI=1S/C18H17F3N4O.C4H6O6/c1-12(22)10-13-2-4-14(5-3-13)17-23-11-25(24-17)15-6-8-16(9-7-15)26-18(19,20)21;5-1(3(7)8)2(6)4(9)10/h2-9,11-12H,10,22H2,1H3;1-2,5-6H,(H,7,8)(H,9,10)/t12-;/m1./s1. The number of carboxylic acid groups (broad SMARTS) is 2. The largest absolute Gasteiger partial charge is 0.573 e. The molecule has 1 heterocycles. The van der Waals surface area contributed by atoms with Crippen LogP contribution in [0.1, 0.15) is 12.5 Å². The predicted octanol–water partition coefficient (Wildman–Crippen LogP) is 1.60. The predicted molar refractivity (Wildman–Crippen MR) is 118 cm³/mol. The summed E-state index contributed by atoms with van der Waals surface area (Å²) in [7, 11) is 0. The summed E-state index contributed by atoms with van der Waals surface area (Å²) >= 11 is 0. The Morgan fingerprint density at radius 1 is 1.00 bits per heavy atom. The van der Waals surface area contributed by atoms with Crippen LogP contribution in [0.5, 0.6) is 5.75 Å². The topological polar surface area (TPSA) is 181 Å². The van der Waals surface area contributed by atoms with E-state index in [1.165, 1.54) is 35.3 Å². The van der Waals surface area contributed by atoms with Crippen LogP contribution in [-0.4, -0.2) is 71.7 Å². The molecule has 0 fully saturated rings. The highest BCUT2D eigenvalue weighted by atomic mass is 19.4. The van der Waals surface area contributed by atoms with Crippen LogP contribution in [0.15, 0.2) is 54.9 Å². The van der Waals surface area contributed by atoms with Crippen LogP contribution in [0.25, 0.3) is 17.1 Å². The summed E-state index contributed by atoms with van der Waals surface area (Å²) in [6.07, 6.45) is -6.95. The maximum atomic E-state index is 12.2. The van der Waals surface area contributed by atoms with Crippen molar-refractivity contribution in [3.63, 3.8) is 0 Å². The first-order chi connectivity index (χ1) is 16.8. The summed E-state index contributed by atoms with van der Waals surface area (Å²) in [4.78, 5) is 23.8. The lowest BCUT2D eigenvalue weighted by Gasteiger charge is -2.09. The quantitative estimate of drug-likeness (QED) is 0.297. The average Bonchev–Trinajstić information content (AvgIpc) is 3.28. The second kappa shape index (κ2) is 12.1. The Morgan fingerprint density at radius 3 is 1.97 bits per heavy atom. The molecule has 0 aliphatic heterocycles. The highest BCUT2D eigenvalue weighted by Gasteiger charge is 2.31. The fourth-order valence-corrected chi connectivity index (χ4v) is 2.75. The van der Waals surface area contributed by atoms with Crippen molar-refractivity contribution in [2.24, 2.45) is 5.73 Å². The first-order valence-corrected chi connectivity index (χ1v) is 10.2. The van der Waals surface area contributed by atoms with Crippen LogP contribution in [-0.2, 0) is 16.0 Å². The number of aliphatic hydroxyl groups excluding tert-OH is 2. The number of aliphatic hydroxyl groups is 2. The third kappa shape index (κ3) is 8.65. The summed E-state index contributed by atoms with van der Waals surface area (Å²) < 4.78 is 41.9. The van der Waals surface area contributed by atoms with E-state index in [0.29, 0.717) is 11.5 Å². The maximum Gasteiger partial charge on any atom is 0.573 e. The number of ether oxygens (including phenoxy) is 1. The molecule has 194 valence electrons. The Morgan fingerprint density at radius 2 is 1.53 bits per heavy atom. The van der Waals surface area contributed by atoms with Crippen LogP contribution in [0.3, 0.4) is 0 Å². The summed E-state index contributed by atoms with van der Waals surface area (Å²) in [6, 6.07) is 13.3. The molecule has 11 nitrogen and oxygen atoms in total. The van der Waals surface area contributed by atoms with Gasteiger partial charge in [-0.15, -0.1) is 18.3 Å². The number of aromatic nitrogens is 3. The van der Waals surface area contributed by atoms with Crippen molar-refractivity contribution in [1.82, 2.24) is 14.8 Å². The first-order valence-electron chi connectivity index (χ1n) is 10.2. The minimum atomic E-state index is -4.71. The van der Waals surface area contributed by atoms with E-state index in [2.05, 4.69) is 14.8 Å². The summed E-state index contributed by atoms with van der Waals surface area (Å²) in [6.45, 7) is 1.95. The molecule has 0 radical (unpaired) electrons. The van der Waals surface area contributed by atoms with Gasteiger partial charge < -0.3 is 30.9 Å². The average molecular weight is 512 g/mol. The van der Waals surface area contributed by atoms with E-state index in [4.69, 9.17) is 26.2 Å². The molecule has 3 rings (SSSR count). The number of nitrogens with two attached hydrogens (primary N) is 1. The number of carbonyl (C=O) groups is 2. The number of halogens is 3. The molecule has 0 aliphatic carbocycles. The van der Waals surface area contributed by atoms with E-state index >= 15 is 0 Å². The van der Waals surface area contributed by atoms with Crippen molar-refractivity contribution in [1.29, 1.82) is 0 Å². The number of nitrogens with zero attached hydrogens (tertiary/aromatic N) is 3. The highest BCUT2D eigenvalue weighted by Crippen LogP contribution is 2.24. The Bertz CT molecular complexity index is 1130. The second-order valence-corrected chi connectivity index (χ2v) is 7.50. The molecule has 36 heavy (non-hydrogen) atoms. The van der Waals surface area contributed by atoms with Gasteiger partial charge in [-0.1, -0.05) is 24.3 Å². The van der Waals surface area contributed by atoms with Crippen LogP contribution in [0.2, 0.25) is 0 Å². The van der Waals surface area contributed by atoms with Gasteiger partial charge in [0.15, 0.2) is 18.0 Å². The molecule has 0 saturated heterocycles. The molecule has 0 spiro atoms. The zero-order chi connectivity index (χ0) is 27.0. The normalized spacial score (nSPS) is 13.6. The molecule has 0 saturated carbocycles. The van der Waals surface area contributed by atoms with Crippen molar-refractivity contribution < 1.29 is 47.9 Å². The number of rotatable bonds is 8. The molecule has 6 N–H and O–H groups in total. The molecule has 14 heteroatoms. The van der Waals surface area contributed by atoms with Gasteiger partial charge in [-0.25, -0.2) is 19.3 Å². The number of carboxylic acids is 2. The van der Waals surface area contributed by atoms with E-state index in [1.807, 2.05) is 31.2 Å². The maximum absolute atomic E-state index is 12.2. The van der Waals surface area contributed by atoms with E-state index in [1.54, 1.807) is 0 Å². The lowest BCUT2D eigenvalue weighted by Crippen LogP contribution is -2.39. The van der Waals surface area contributed by atoms with Gasteiger partial charge in [0.25, 0.3) is 0 Å². The van der Waals surface area contributed by atoms with Crippen molar-refractivity contribution in [3.8, 4) is 22.8 Å². The number of benzene rings is 2. The Hall–Kier alpha value is -4.01. The van der Waals surface area contributed by atoms with Crippen LogP contribution in [0.4, 0.5) is 13.2 Å². The van der Waals surface area contributed by atoms with Gasteiger partial charge in [-0.2, -0.15) is 0 Å². The molecule has 2 aromatic carbocycles. The van der Waals surface area contributed by atoms with Gasteiger partial charge in [0, 0.05) is 11.6 Å². The van der Waals surface area contributed by atoms with Gasteiger partial charge in [0.1, 0.15) is 12.1 Å². The van der Waals surface area contributed by atoms with Crippen molar-refractivity contribution in [3.05, 3.63) is 60.4 Å². The summed E-state index contributed by atoms with van der Waals surface area (Å²) in [5.41, 5.74) is 8.33. The zero-order valence-corrected chi connectivity index (χ0v) is 18.7. The lowest BCUT2D eigenvalue weighted by atomic mass is 10.1. The monoisotopic (exact) mass is 512 g/mol. The Labute approximate surface area is 202 Å². The minimum absolute atomic E-state index is 0.0856. The van der Waals surface area contributed by atoms with Gasteiger partial charge in [-0.3, -0.25) is 0 Å². The highest BCUT2D eigenvalue weighted by molar-refractivity contribution is 5.83. The van der Waals surface area contributed by atoms with E-state index in [-0.39, 0.29) is 11.8 Å². The molecule has 1 aromatic heterocycles. The smallest absolute Gasteiger partial charge is 0.479 e. The number of alkyl halides is 3. The van der Waals surface area contributed by atoms with E-state index < -0.39 is 30.5 Å². The summed E-state index contributed by atoms with van der Waals surface area (Å²) in [5, 5.41) is 36.9. The van der Waals surface area contributed by atoms with Crippen LogP contribution >= 0.6 is 0 Å². The molecule has 0 aliphatic rings.